The Morgan fingerprint density at radius 2 is 2.05 bits per heavy atom. The number of rotatable bonds is 10. The summed E-state index contributed by atoms with van der Waals surface area (Å²) in [5.74, 6) is 0. The maximum atomic E-state index is 9.72. The van der Waals surface area contributed by atoms with E-state index in [4.69, 9.17) is 9.47 Å². The Morgan fingerprint density at radius 3 is 2.68 bits per heavy atom. The molecule has 1 aromatic rings. The third-order valence-electron chi connectivity index (χ3n) is 2.78. The average molecular weight is 287 g/mol. The highest BCUT2D eigenvalue weighted by atomic mass is 32.1. The fourth-order valence-corrected chi connectivity index (χ4v) is 2.66. The van der Waals surface area contributed by atoms with Crippen LogP contribution in [-0.4, -0.2) is 44.2 Å². The number of aliphatic hydroxyl groups is 1. The lowest BCUT2D eigenvalue weighted by Crippen LogP contribution is -2.30. The van der Waals surface area contributed by atoms with Gasteiger partial charge in [0.05, 0.1) is 25.9 Å². The Labute approximate surface area is 119 Å². The van der Waals surface area contributed by atoms with Crippen LogP contribution in [0.15, 0.2) is 6.07 Å². The van der Waals surface area contributed by atoms with Crippen molar-refractivity contribution >= 4 is 11.3 Å². The molecule has 0 amide bonds. The lowest BCUT2D eigenvalue weighted by atomic mass is 10.3. The Kier molecular flexibility index (Phi) is 8.25. The van der Waals surface area contributed by atoms with Crippen LogP contribution >= 0.6 is 11.3 Å². The van der Waals surface area contributed by atoms with Crippen molar-refractivity contribution < 1.29 is 14.6 Å². The van der Waals surface area contributed by atoms with Gasteiger partial charge in [-0.3, -0.25) is 0 Å². The minimum atomic E-state index is -0.469. The molecule has 1 heterocycles. The standard InChI is InChI=1S/C14H25NO3S/c1-4-17-5-6-18-10-13(16)8-15-9-14-7-11(2)12(3)19-14/h7,13,15-16H,4-6,8-10H2,1-3H3. The predicted octanol–water partition coefficient (Wildman–Crippen LogP) is 1.87. The van der Waals surface area contributed by atoms with Crippen molar-refractivity contribution in [1.82, 2.24) is 5.32 Å². The molecule has 0 fully saturated rings. The molecule has 0 aliphatic heterocycles. The maximum Gasteiger partial charge on any atom is 0.0897 e. The molecule has 0 aromatic carbocycles. The quantitative estimate of drug-likeness (QED) is 0.645. The molecule has 0 aliphatic rings. The summed E-state index contributed by atoms with van der Waals surface area (Å²) < 4.78 is 10.5. The molecule has 5 heteroatoms. The number of nitrogens with one attached hydrogen (secondary N) is 1. The van der Waals surface area contributed by atoms with Gasteiger partial charge in [-0.2, -0.15) is 0 Å². The topological polar surface area (TPSA) is 50.7 Å². The molecule has 0 radical (unpaired) electrons. The average Bonchev–Trinajstić information content (AvgIpc) is 2.68. The van der Waals surface area contributed by atoms with Crippen molar-refractivity contribution in [1.29, 1.82) is 0 Å². The normalized spacial score (nSPS) is 12.8. The molecule has 0 saturated heterocycles. The number of ether oxygens (including phenoxy) is 2. The van der Waals surface area contributed by atoms with E-state index in [1.807, 2.05) is 6.92 Å². The Morgan fingerprint density at radius 1 is 1.32 bits per heavy atom. The zero-order chi connectivity index (χ0) is 14.1. The molecule has 4 nitrogen and oxygen atoms in total. The lowest BCUT2D eigenvalue weighted by Gasteiger charge is -2.12. The molecule has 1 rings (SSSR count). The molecule has 0 bridgehead atoms. The third kappa shape index (κ3) is 7.03. The van der Waals surface area contributed by atoms with E-state index in [0.29, 0.717) is 33.0 Å². The van der Waals surface area contributed by atoms with Gasteiger partial charge in [-0.15, -0.1) is 11.3 Å². The molecule has 1 unspecified atom stereocenters. The summed E-state index contributed by atoms with van der Waals surface area (Å²) in [4.78, 5) is 2.66. The fourth-order valence-electron chi connectivity index (χ4n) is 1.64. The van der Waals surface area contributed by atoms with E-state index in [-0.39, 0.29) is 0 Å². The second-order valence-electron chi connectivity index (χ2n) is 4.51. The van der Waals surface area contributed by atoms with E-state index >= 15 is 0 Å². The van der Waals surface area contributed by atoms with Crippen molar-refractivity contribution in [2.24, 2.45) is 0 Å². The van der Waals surface area contributed by atoms with Crippen LogP contribution in [-0.2, 0) is 16.0 Å². The van der Waals surface area contributed by atoms with Crippen LogP contribution in [0.2, 0.25) is 0 Å². The number of aliphatic hydroxyl groups excluding tert-OH is 1. The molecule has 0 saturated carbocycles. The zero-order valence-electron chi connectivity index (χ0n) is 12.1. The lowest BCUT2D eigenvalue weighted by molar-refractivity contribution is 0.00644. The highest BCUT2D eigenvalue weighted by molar-refractivity contribution is 7.12. The SMILES string of the molecule is CCOCCOCC(O)CNCc1cc(C)c(C)s1. The second-order valence-corrected chi connectivity index (χ2v) is 5.85. The van der Waals surface area contributed by atoms with Crippen LogP contribution in [0, 0.1) is 13.8 Å². The van der Waals surface area contributed by atoms with Gasteiger partial charge in [0.25, 0.3) is 0 Å². The Bertz CT molecular complexity index is 335. The first-order valence-corrected chi connectivity index (χ1v) is 7.55. The van der Waals surface area contributed by atoms with Crippen molar-refractivity contribution in [2.75, 3.05) is 33.0 Å². The van der Waals surface area contributed by atoms with Gasteiger partial charge in [-0.25, -0.2) is 0 Å². The minimum absolute atomic E-state index is 0.350. The molecule has 0 aliphatic carbocycles. The van der Waals surface area contributed by atoms with E-state index in [9.17, 15) is 5.11 Å². The molecule has 110 valence electrons. The number of aryl methyl sites for hydroxylation is 2. The van der Waals surface area contributed by atoms with Crippen LogP contribution < -0.4 is 5.32 Å². The summed E-state index contributed by atoms with van der Waals surface area (Å²) in [6.07, 6.45) is -0.469. The molecule has 1 atom stereocenters. The summed E-state index contributed by atoms with van der Waals surface area (Å²) in [7, 11) is 0. The first-order chi connectivity index (χ1) is 9.13. The van der Waals surface area contributed by atoms with Gasteiger partial charge >= 0.3 is 0 Å². The van der Waals surface area contributed by atoms with Gasteiger partial charge in [0.1, 0.15) is 0 Å². The smallest absolute Gasteiger partial charge is 0.0897 e. The first-order valence-electron chi connectivity index (χ1n) is 6.73. The van der Waals surface area contributed by atoms with Gasteiger partial charge in [-0.1, -0.05) is 0 Å². The number of thiophene rings is 1. The largest absolute Gasteiger partial charge is 0.389 e. The summed E-state index contributed by atoms with van der Waals surface area (Å²) in [5.41, 5.74) is 1.33. The van der Waals surface area contributed by atoms with Crippen molar-refractivity contribution in [2.45, 2.75) is 33.4 Å². The van der Waals surface area contributed by atoms with E-state index < -0.39 is 6.10 Å². The predicted molar refractivity (Wildman–Crippen MR) is 78.8 cm³/mol. The first kappa shape index (κ1) is 16.6. The van der Waals surface area contributed by atoms with Crippen LogP contribution in [0.3, 0.4) is 0 Å². The van der Waals surface area contributed by atoms with Crippen molar-refractivity contribution in [3.63, 3.8) is 0 Å². The van der Waals surface area contributed by atoms with Crippen molar-refractivity contribution in [3.8, 4) is 0 Å². The number of hydrogen-bond donors (Lipinski definition) is 2. The summed E-state index contributed by atoms with van der Waals surface area (Å²) in [6, 6.07) is 2.19. The van der Waals surface area contributed by atoms with E-state index in [1.165, 1.54) is 15.3 Å². The minimum Gasteiger partial charge on any atom is -0.389 e. The fraction of sp³-hybridized carbons (Fsp3) is 0.714. The van der Waals surface area contributed by atoms with Crippen LogP contribution in [0.4, 0.5) is 0 Å². The molecule has 1 aromatic heterocycles. The van der Waals surface area contributed by atoms with Gasteiger partial charge in [0, 0.05) is 29.5 Å². The van der Waals surface area contributed by atoms with Crippen molar-refractivity contribution in [3.05, 3.63) is 21.4 Å². The Hall–Kier alpha value is -0.460. The van der Waals surface area contributed by atoms with Crippen LogP contribution in [0.1, 0.15) is 22.2 Å². The molecule has 0 spiro atoms. The number of hydrogen-bond acceptors (Lipinski definition) is 5. The maximum absolute atomic E-state index is 9.72. The summed E-state index contributed by atoms with van der Waals surface area (Å²) in [5, 5.41) is 13.0. The highest BCUT2D eigenvalue weighted by Gasteiger charge is 2.05. The van der Waals surface area contributed by atoms with E-state index in [1.54, 1.807) is 11.3 Å². The zero-order valence-corrected chi connectivity index (χ0v) is 12.9. The van der Waals surface area contributed by atoms with Gasteiger partial charge in [0.2, 0.25) is 0 Å². The van der Waals surface area contributed by atoms with Gasteiger partial charge < -0.3 is 19.9 Å². The monoisotopic (exact) mass is 287 g/mol. The van der Waals surface area contributed by atoms with Gasteiger partial charge in [-0.05, 0) is 32.4 Å². The third-order valence-corrected chi connectivity index (χ3v) is 3.94. The summed E-state index contributed by atoms with van der Waals surface area (Å²) in [6.45, 7) is 9.72. The summed E-state index contributed by atoms with van der Waals surface area (Å²) >= 11 is 1.80. The molecular weight excluding hydrogens is 262 g/mol. The van der Waals surface area contributed by atoms with Crippen LogP contribution in [0.5, 0.6) is 0 Å². The molecule has 19 heavy (non-hydrogen) atoms. The molecular formula is C14H25NO3S. The second kappa shape index (κ2) is 9.44. The molecule has 2 N–H and O–H groups in total. The highest BCUT2D eigenvalue weighted by Crippen LogP contribution is 2.20. The Balaban J connectivity index is 2.05. The van der Waals surface area contributed by atoms with Crippen LogP contribution in [0.25, 0.3) is 0 Å². The van der Waals surface area contributed by atoms with E-state index in [0.717, 1.165) is 6.54 Å². The van der Waals surface area contributed by atoms with Gasteiger partial charge in [0.15, 0.2) is 0 Å². The van der Waals surface area contributed by atoms with E-state index in [2.05, 4.69) is 25.2 Å².